The highest BCUT2D eigenvalue weighted by Gasteiger charge is 2.11. The fourth-order valence-corrected chi connectivity index (χ4v) is 3.41. The number of hydrogen-bond donors (Lipinski definition) is 0. The molecule has 0 atom stereocenters. The molecule has 30 heavy (non-hydrogen) atoms. The zero-order valence-electron chi connectivity index (χ0n) is 15.8. The molecule has 6 heteroatoms. The normalized spacial score (nSPS) is 11.4. The molecule has 0 bridgehead atoms. The lowest BCUT2D eigenvalue weighted by Gasteiger charge is -2.05. The second kappa shape index (κ2) is 8.02. The zero-order valence-corrected chi connectivity index (χ0v) is 15.8. The van der Waals surface area contributed by atoms with Gasteiger partial charge in [-0.2, -0.15) is 5.26 Å². The van der Waals surface area contributed by atoms with E-state index >= 15 is 0 Å². The van der Waals surface area contributed by atoms with Gasteiger partial charge in [0, 0.05) is 41.3 Å². The van der Waals surface area contributed by atoms with Crippen molar-refractivity contribution in [2.45, 2.75) is 6.54 Å². The number of nitro groups is 1. The molecule has 0 fully saturated rings. The minimum Gasteiger partial charge on any atom is -0.342 e. The second-order valence-corrected chi connectivity index (χ2v) is 6.83. The summed E-state index contributed by atoms with van der Waals surface area (Å²) < 4.78 is 15.3. The van der Waals surface area contributed by atoms with Crippen molar-refractivity contribution in [1.29, 1.82) is 5.26 Å². The van der Waals surface area contributed by atoms with Crippen molar-refractivity contribution >= 4 is 28.2 Å². The summed E-state index contributed by atoms with van der Waals surface area (Å²) in [4.78, 5) is 10.4. The first-order valence-corrected chi connectivity index (χ1v) is 9.24. The van der Waals surface area contributed by atoms with E-state index in [9.17, 15) is 19.8 Å². The molecular formula is C24H16FN3O2. The molecule has 0 aliphatic heterocycles. The number of nitrogens with zero attached hydrogens (tertiary/aromatic N) is 3. The van der Waals surface area contributed by atoms with Crippen molar-refractivity contribution in [2.24, 2.45) is 0 Å². The molecule has 0 saturated carbocycles. The van der Waals surface area contributed by atoms with Gasteiger partial charge < -0.3 is 4.57 Å². The number of nitriles is 1. The van der Waals surface area contributed by atoms with Crippen molar-refractivity contribution in [3.63, 3.8) is 0 Å². The van der Waals surface area contributed by atoms with Crippen LogP contribution in [0.3, 0.4) is 0 Å². The summed E-state index contributed by atoms with van der Waals surface area (Å²) >= 11 is 0. The van der Waals surface area contributed by atoms with E-state index in [1.54, 1.807) is 30.3 Å². The van der Waals surface area contributed by atoms with Crippen LogP contribution in [0, 0.1) is 27.3 Å². The van der Waals surface area contributed by atoms with Crippen molar-refractivity contribution in [1.82, 2.24) is 4.57 Å². The molecular weight excluding hydrogens is 381 g/mol. The van der Waals surface area contributed by atoms with Crippen LogP contribution in [0.5, 0.6) is 0 Å². The fourth-order valence-electron chi connectivity index (χ4n) is 3.41. The molecule has 4 aromatic rings. The minimum absolute atomic E-state index is 0.0214. The summed E-state index contributed by atoms with van der Waals surface area (Å²) in [7, 11) is 0. The van der Waals surface area contributed by atoms with Gasteiger partial charge in [-0.15, -0.1) is 0 Å². The van der Waals surface area contributed by atoms with Crippen molar-refractivity contribution < 1.29 is 9.31 Å². The van der Waals surface area contributed by atoms with E-state index in [1.807, 2.05) is 30.5 Å². The van der Waals surface area contributed by atoms with E-state index in [1.165, 1.54) is 24.3 Å². The van der Waals surface area contributed by atoms with Crippen molar-refractivity contribution in [3.8, 4) is 6.07 Å². The quantitative estimate of drug-likeness (QED) is 0.243. The molecule has 0 aliphatic carbocycles. The lowest BCUT2D eigenvalue weighted by molar-refractivity contribution is -0.384. The van der Waals surface area contributed by atoms with Crippen LogP contribution in [-0.4, -0.2) is 9.49 Å². The molecule has 3 aromatic carbocycles. The van der Waals surface area contributed by atoms with Gasteiger partial charge >= 0.3 is 0 Å². The predicted octanol–water partition coefficient (Wildman–Crippen LogP) is 5.80. The SMILES string of the molecule is N#CC(=Cc1cn(Cc2ccc(F)cc2)c2ccccc12)c1ccc([N+](=O)[O-])cc1. The third-order valence-electron chi connectivity index (χ3n) is 4.90. The number of hydrogen-bond acceptors (Lipinski definition) is 3. The van der Waals surface area contributed by atoms with Crippen LogP contribution in [-0.2, 0) is 6.54 Å². The topological polar surface area (TPSA) is 71.9 Å². The van der Waals surface area contributed by atoms with Gasteiger partial charge in [-0.3, -0.25) is 10.1 Å². The summed E-state index contributed by atoms with van der Waals surface area (Å²) in [5, 5.41) is 21.5. The molecule has 0 spiro atoms. The molecule has 0 saturated heterocycles. The number of para-hydroxylation sites is 1. The fraction of sp³-hybridized carbons (Fsp3) is 0.0417. The average molecular weight is 397 g/mol. The lowest BCUT2D eigenvalue weighted by atomic mass is 10.0. The lowest BCUT2D eigenvalue weighted by Crippen LogP contribution is -1.97. The first-order valence-electron chi connectivity index (χ1n) is 9.24. The predicted molar refractivity (Wildman–Crippen MR) is 114 cm³/mol. The second-order valence-electron chi connectivity index (χ2n) is 6.83. The van der Waals surface area contributed by atoms with E-state index in [0.717, 1.165) is 22.0 Å². The molecule has 0 radical (unpaired) electrons. The smallest absolute Gasteiger partial charge is 0.269 e. The highest BCUT2D eigenvalue weighted by molar-refractivity contribution is 5.98. The highest BCUT2D eigenvalue weighted by atomic mass is 19.1. The number of allylic oxidation sites excluding steroid dienone is 1. The van der Waals surface area contributed by atoms with Crippen LogP contribution < -0.4 is 0 Å². The van der Waals surface area contributed by atoms with Gasteiger partial charge in [0.1, 0.15) is 5.82 Å². The Morgan fingerprint density at radius 3 is 2.43 bits per heavy atom. The monoisotopic (exact) mass is 397 g/mol. The Labute approximate surface area is 172 Å². The van der Waals surface area contributed by atoms with Gasteiger partial charge in [-0.25, -0.2) is 4.39 Å². The van der Waals surface area contributed by atoms with E-state index in [4.69, 9.17) is 0 Å². The Morgan fingerprint density at radius 1 is 1.07 bits per heavy atom. The third-order valence-corrected chi connectivity index (χ3v) is 4.90. The van der Waals surface area contributed by atoms with Crippen LogP contribution in [0.2, 0.25) is 0 Å². The van der Waals surface area contributed by atoms with Crippen molar-refractivity contribution in [3.05, 3.63) is 112 Å². The number of rotatable bonds is 5. The maximum absolute atomic E-state index is 13.2. The van der Waals surface area contributed by atoms with Crippen LogP contribution in [0.4, 0.5) is 10.1 Å². The summed E-state index contributed by atoms with van der Waals surface area (Å²) in [5.74, 6) is -0.276. The molecule has 1 heterocycles. The van der Waals surface area contributed by atoms with Gasteiger partial charge in [0.05, 0.1) is 16.6 Å². The number of aromatic nitrogens is 1. The van der Waals surface area contributed by atoms with E-state index in [-0.39, 0.29) is 11.5 Å². The van der Waals surface area contributed by atoms with Crippen LogP contribution in [0.25, 0.3) is 22.6 Å². The Kier molecular flexibility index (Phi) is 5.10. The van der Waals surface area contributed by atoms with Gasteiger partial charge in [0.2, 0.25) is 0 Å². The van der Waals surface area contributed by atoms with Crippen LogP contribution in [0.15, 0.2) is 79.0 Å². The standard InChI is InChI=1S/C24H16FN3O2/c25-21-9-5-17(6-10-21)15-27-16-20(23-3-1-2-4-24(23)27)13-19(14-26)18-7-11-22(12-8-18)28(29)30/h1-13,16H,15H2. The maximum Gasteiger partial charge on any atom is 0.269 e. The molecule has 1 aromatic heterocycles. The first-order chi connectivity index (χ1) is 14.5. The van der Waals surface area contributed by atoms with E-state index in [0.29, 0.717) is 17.7 Å². The Balaban J connectivity index is 1.75. The number of fused-ring (bicyclic) bond motifs is 1. The Morgan fingerprint density at radius 2 is 1.77 bits per heavy atom. The van der Waals surface area contributed by atoms with Gasteiger partial charge in [0.15, 0.2) is 0 Å². The zero-order chi connectivity index (χ0) is 21.1. The van der Waals surface area contributed by atoms with Crippen molar-refractivity contribution in [2.75, 3.05) is 0 Å². The molecule has 5 nitrogen and oxygen atoms in total. The molecule has 0 aliphatic rings. The largest absolute Gasteiger partial charge is 0.342 e. The average Bonchev–Trinajstić information content (AvgIpc) is 3.11. The summed E-state index contributed by atoms with van der Waals surface area (Å²) in [5.41, 5.74) is 3.82. The van der Waals surface area contributed by atoms with E-state index in [2.05, 4.69) is 10.6 Å². The Bertz CT molecular complexity index is 1300. The molecule has 0 amide bonds. The van der Waals surface area contributed by atoms with Gasteiger partial charge in [0.25, 0.3) is 5.69 Å². The molecule has 0 unspecified atom stereocenters. The number of nitro benzene ring substituents is 1. The Hall–Kier alpha value is -4.24. The van der Waals surface area contributed by atoms with Crippen LogP contribution >= 0.6 is 0 Å². The number of benzene rings is 3. The summed E-state index contributed by atoms with van der Waals surface area (Å²) in [6.07, 6.45) is 3.74. The number of non-ortho nitro benzene ring substituents is 1. The third kappa shape index (κ3) is 3.82. The van der Waals surface area contributed by atoms with Gasteiger partial charge in [-0.05, 0) is 47.5 Å². The molecule has 4 rings (SSSR count). The van der Waals surface area contributed by atoms with E-state index < -0.39 is 4.92 Å². The van der Waals surface area contributed by atoms with Crippen LogP contribution in [0.1, 0.15) is 16.7 Å². The highest BCUT2D eigenvalue weighted by Crippen LogP contribution is 2.27. The molecule has 146 valence electrons. The molecule has 0 N–H and O–H groups in total. The minimum atomic E-state index is -0.470. The summed E-state index contributed by atoms with van der Waals surface area (Å²) in [6, 6.07) is 22.3. The number of halogens is 1. The summed E-state index contributed by atoms with van der Waals surface area (Å²) in [6.45, 7) is 0.564. The van der Waals surface area contributed by atoms with Gasteiger partial charge in [-0.1, -0.05) is 30.3 Å². The first kappa shape index (κ1) is 19.1. The maximum atomic E-state index is 13.2.